The Bertz CT molecular complexity index is 319. The average Bonchev–Trinajstić information content (AvgIpc) is 2.27. The molecule has 8 heteroatoms. The van der Waals surface area contributed by atoms with E-state index >= 15 is 0 Å². The monoisotopic (exact) mass is 261 g/mol. The first-order valence-electron chi connectivity index (χ1n) is 5.35. The van der Waals surface area contributed by atoms with Crippen molar-refractivity contribution < 1.29 is 24.6 Å². The lowest BCUT2D eigenvalue weighted by Gasteiger charge is -2.22. The maximum Gasteiger partial charge on any atom is 0.326 e. The van der Waals surface area contributed by atoms with Gasteiger partial charge in [-0.1, -0.05) is 0 Å². The van der Waals surface area contributed by atoms with E-state index in [1.165, 1.54) is 11.9 Å². The highest BCUT2D eigenvalue weighted by Gasteiger charge is 2.22. The minimum absolute atomic E-state index is 0.0868. The summed E-state index contributed by atoms with van der Waals surface area (Å²) < 4.78 is 0. The number of amides is 3. The van der Waals surface area contributed by atoms with Gasteiger partial charge in [-0.15, -0.1) is 0 Å². The van der Waals surface area contributed by atoms with Crippen molar-refractivity contribution in [1.82, 2.24) is 15.1 Å². The first kappa shape index (κ1) is 16.2. The van der Waals surface area contributed by atoms with Gasteiger partial charge < -0.3 is 25.3 Å². The Morgan fingerprint density at radius 2 is 1.78 bits per heavy atom. The summed E-state index contributed by atoms with van der Waals surface area (Å²) in [5, 5.41) is 19.7. The lowest BCUT2D eigenvalue weighted by Crippen LogP contribution is -2.49. The Morgan fingerprint density at radius 3 is 2.17 bits per heavy atom. The molecule has 3 N–H and O–H groups in total. The van der Waals surface area contributed by atoms with E-state index < -0.39 is 18.0 Å². The van der Waals surface area contributed by atoms with Crippen LogP contribution in [0.4, 0.5) is 4.79 Å². The van der Waals surface area contributed by atoms with Crippen LogP contribution in [0.2, 0.25) is 0 Å². The second kappa shape index (κ2) is 7.49. The Balaban J connectivity index is 4.37. The third-order valence-corrected chi connectivity index (χ3v) is 2.23. The number of nitrogens with zero attached hydrogens (tertiary/aromatic N) is 2. The van der Waals surface area contributed by atoms with Gasteiger partial charge in [-0.2, -0.15) is 0 Å². The van der Waals surface area contributed by atoms with Crippen LogP contribution in [0, 0.1) is 0 Å². The summed E-state index contributed by atoms with van der Waals surface area (Å²) in [6.45, 7) is -0.498. The van der Waals surface area contributed by atoms with E-state index in [1.807, 2.05) is 0 Å². The number of aliphatic hydroxyl groups is 1. The smallest absolute Gasteiger partial charge is 0.326 e. The van der Waals surface area contributed by atoms with E-state index in [0.717, 1.165) is 4.90 Å². The highest BCUT2D eigenvalue weighted by Crippen LogP contribution is 1.95. The van der Waals surface area contributed by atoms with E-state index in [1.54, 1.807) is 14.1 Å². The van der Waals surface area contributed by atoms with Crippen LogP contribution in [0.15, 0.2) is 0 Å². The molecule has 0 saturated carbocycles. The van der Waals surface area contributed by atoms with Gasteiger partial charge in [-0.05, 0) is 0 Å². The van der Waals surface area contributed by atoms with Gasteiger partial charge >= 0.3 is 12.0 Å². The number of rotatable bonds is 6. The van der Waals surface area contributed by atoms with Crippen molar-refractivity contribution in [3.8, 4) is 0 Å². The number of hydrogen-bond donors (Lipinski definition) is 3. The summed E-state index contributed by atoms with van der Waals surface area (Å²) in [4.78, 5) is 36.1. The zero-order valence-corrected chi connectivity index (χ0v) is 10.7. The molecule has 0 fully saturated rings. The van der Waals surface area contributed by atoms with E-state index in [0.29, 0.717) is 0 Å². The minimum Gasteiger partial charge on any atom is -0.480 e. The van der Waals surface area contributed by atoms with Gasteiger partial charge in [0.1, 0.15) is 12.6 Å². The predicted octanol–water partition coefficient (Wildman–Crippen LogP) is -1.45. The van der Waals surface area contributed by atoms with Crippen LogP contribution in [0.1, 0.15) is 6.42 Å². The third-order valence-electron chi connectivity index (χ3n) is 2.23. The number of aliphatic hydroxyl groups excluding tert-OH is 1. The van der Waals surface area contributed by atoms with Gasteiger partial charge in [0.2, 0.25) is 5.91 Å². The second-order valence-electron chi connectivity index (χ2n) is 4.00. The van der Waals surface area contributed by atoms with Crippen molar-refractivity contribution in [3.05, 3.63) is 0 Å². The summed E-state index contributed by atoms with van der Waals surface area (Å²) in [5.74, 6) is -1.51. The largest absolute Gasteiger partial charge is 0.480 e. The maximum atomic E-state index is 11.6. The molecule has 104 valence electrons. The number of carboxylic acid groups (broad SMARTS) is 1. The molecule has 0 spiro atoms. The molecule has 0 aromatic carbocycles. The van der Waals surface area contributed by atoms with E-state index in [2.05, 4.69) is 5.32 Å². The summed E-state index contributed by atoms with van der Waals surface area (Å²) in [7, 11) is 4.49. The lowest BCUT2D eigenvalue weighted by atomic mass is 10.2. The zero-order valence-electron chi connectivity index (χ0n) is 10.7. The molecule has 18 heavy (non-hydrogen) atoms. The summed E-state index contributed by atoms with van der Waals surface area (Å²) >= 11 is 0. The molecule has 0 aromatic heterocycles. The van der Waals surface area contributed by atoms with E-state index in [4.69, 9.17) is 10.2 Å². The van der Waals surface area contributed by atoms with Crippen LogP contribution >= 0.6 is 0 Å². The fourth-order valence-corrected chi connectivity index (χ4v) is 1.06. The van der Waals surface area contributed by atoms with Gasteiger partial charge in [0.25, 0.3) is 0 Å². The molecule has 0 saturated heterocycles. The number of carbonyl (C=O) groups excluding carboxylic acids is 2. The van der Waals surface area contributed by atoms with Crippen LogP contribution in [0.5, 0.6) is 0 Å². The van der Waals surface area contributed by atoms with Crippen molar-refractivity contribution in [2.75, 3.05) is 34.3 Å². The van der Waals surface area contributed by atoms with Crippen LogP contribution in [0.25, 0.3) is 0 Å². The van der Waals surface area contributed by atoms with Crippen LogP contribution < -0.4 is 5.32 Å². The fraction of sp³-hybridized carbons (Fsp3) is 0.700. The fourth-order valence-electron chi connectivity index (χ4n) is 1.06. The van der Waals surface area contributed by atoms with Crippen molar-refractivity contribution >= 4 is 17.9 Å². The highest BCUT2D eigenvalue weighted by molar-refractivity contribution is 5.86. The van der Waals surface area contributed by atoms with Crippen molar-refractivity contribution in [2.24, 2.45) is 0 Å². The topological polar surface area (TPSA) is 110 Å². The van der Waals surface area contributed by atoms with Gasteiger partial charge in [0.05, 0.1) is 0 Å². The summed E-state index contributed by atoms with van der Waals surface area (Å²) in [6.07, 6.45) is -0.0868. The minimum atomic E-state index is -1.23. The predicted molar refractivity (Wildman–Crippen MR) is 63.0 cm³/mol. The highest BCUT2D eigenvalue weighted by atomic mass is 16.4. The number of urea groups is 1. The standard InChI is InChI=1S/C10H19N3O5/c1-12(2)8(15)6-13(3)10(18)11-7(4-5-14)9(16)17/h7,14H,4-6H2,1-3H3,(H,11,18)(H,16,17)/t7-/m1/s1. The Hall–Kier alpha value is -1.83. The second-order valence-corrected chi connectivity index (χ2v) is 4.00. The molecule has 1 atom stereocenters. The summed E-state index contributed by atoms with van der Waals surface area (Å²) in [5.41, 5.74) is 0. The molecule has 0 rings (SSSR count). The Kier molecular flexibility index (Phi) is 6.73. The number of nitrogens with one attached hydrogen (secondary N) is 1. The van der Waals surface area contributed by atoms with Gasteiger partial charge in [-0.3, -0.25) is 4.79 Å². The SMILES string of the molecule is CN(C)C(=O)CN(C)C(=O)N[C@H](CCO)C(=O)O. The molecule has 0 aliphatic rings. The van der Waals surface area contributed by atoms with E-state index in [-0.39, 0.29) is 25.5 Å². The molecule has 3 amide bonds. The normalized spacial score (nSPS) is 11.6. The van der Waals surface area contributed by atoms with Crippen LogP contribution in [-0.4, -0.2) is 78.3 Å². The first-order valence-corrected chi connectivity index (χ1v) is 5.35. The molecule has 0 aliphatic heterocycles. The number of hydrogen-bond acceptors (Lipinski definition) is 4. The molecule has 0 unspecified atom stereocenters. The number of carboxylic acids is 1. The van der Waals surface area contributed by atoms with Crippen LogP contribution in [-0.2, 0) is 9.59 Å². The van der Waals surface area contributed by atoms with Gasteiger partial charge in [0.15, 0.2) is 0 Å². The molecule has 0 aliphatic carbocycles. The first-order chi connectivity index (χ1) is 8.29. The zero-order chi connectivity index (χ0) is 14.3. The molecular weight excluding hydrogens is 242 g/mol. The number of carbonyl (C=O) groups is 3. The number of aliphatic carboxylic acids is 1. The quantitative estimate of drug-likeness (QED) is 0.542. The molecular formula is C10H19N3O5. The number of likely N-dealkylation sites (N-methyl/N-ethyl adjacent to an activating group) is 2. The van der Waals surface area contributed by atoms with Crippen LogP contribution in [0.3, 0.4) is 0 Å². The average molecular weight is 261 g/mol. The Labute approximate surface area is 105 Å². The Morgan fingerprint density at radius 1 is 1.22 bits per heavy atom. The molecule has 0 radical (unpaired) electrons. The molecule has 0 heterocycles. The van der Waals surface area contributed by atoms with Crippen molar-refractivity contribution in [1.29, 1.82) is 0 Å². The maximum absolute atomic E-state index is 11.6. The van der Waals surface area contributed by atoms with Gasteiger partial charge in [-0.25, -0.2) is 9.59 Å². The van der Waals surface area contributed by atoms with E-state index in [9.17, 15) is 14.4 Å². The van der Waals surface area contributed by atoms with Crippen molar-refractivity contribution in [3.63, 3.8) is 0 Å². The molecule has 0 aromatic rings. The third kappa shape index (κ3) is 5.48. The van der Waals surface area contributed by atoms with Gasteiger partial charge in [0, 0.05) is 34.2 Å². The molecule has 0 bridgehead atoms. The molecule has 8 nitrogen and oxygen atoms in total. The summed E-state index contributed by atoms with van der Waals surface area (Å²) in [6, 6.07) is -1.84. The van der Waals surface area contributed by atoms with Crippen molar-refractivity contribution in [2.45, 2.75) is 12.5 Å². The lowest BCUT2D eigenvalue weighted by molar-refractivity contribution is -0.139.